The number of carbonyl (C=O) groups excluding carboxylic acids is 2. The second kappa shape index (κ2) is 7.79. The Labute approximate surface area is 164 Å². The molecule has 4 rings (SSSR count). The topological polar surface area (TPSA) is 88.5 Å². The zero-order valence-corrected chi connectivity index (χ0v) is 16.1. The third-order valence-corrected chi connectivity index (χ3v) is 5.78. The number of aliphatic hydroxyl groups is 1. The van der Waals surface area contributed by atoms with Crippen LogP contribution in [0.4, 0.5) is 4.79 Å². The Morgan fingerprint density at radius 1 is 1.14 bits per heavy atom. The summed E-state index contributed by atoms with van der Waals surface area (Å²) in [5.41, 5.74) is 0.793. The molecule has 8 heteroatoms. The molecule has 3 aliphatic rings. The Bertz CT molecular complexity index is 760. The molecule has 2 fully saturated rings. The van der Waals surface area contributed by atoms with Crippen LogP contribution in [0.25, 0.3) is 0 Å². The molecule has 3 heterocycles. The molecule has 2 N–H and O–H groups in total. The maximum atomic E-state index is 12.7. The number of aliphatic imine (C=N–C) groups is 1. The Kier molecular flexibility index (Phi) is 5.21. The normalized spacial score (nSPS) is 26.5. The van der Waals surface area contributed by atoms with Crippen molar-refractivity contribution in [3.05, 3.63) is 35.9 Å². The van der Waals surface area contributed by atoms with Crippen LogP contribution >= 0.6 is 0 Å². The molecule has 0 spiro atoms. The number of amides is 3. The Hall–Kier alpha value is -2.61. The van der Waals surface area contributed by atoms with Gasteiger partial charge in [-0.3, -0.25) is 10.1 Å². The number of likely N-dealkylation sites (tertiary alicyclic amines) is 1. The van der Waals surface area contributed by atoms with Crippen LogP contribution in [-0.2, 0) is 4.79 Å². The summed E-state index contributed by atoms with van der Waals surface area (Å²) in [5, 5.41) is 13.2. The Morgan fingerprint density at radius 2 is 1.82 bits per heavy atom. The summed E-state index contributed by atoms with van der Waals surface area (Å²) in [7, 11) is 1.65. The van der Waals surface area contributed by atoms with E-state index in [1.165, 1.54) is 17.7 Å². The van der Waals surface area contributed by atoms with Crippen molar-refractivity contribution in [1.29, 1.82) is 0 Å². The van der Waals surface area contributed by atoms with Gasteiger partial charge in [-0.05, 0) is 18.4 Å². The molecule has 0 radical (unpaired) electrons. The van der Waals surface area contributed by atoms with Gasteiger partial charge in [0.2, 0.25) is 0 Å². The van der Waals surface area contributed by atoms with Crippen molar-refractivity contribution in [1.82, 2.24) is 20.0 Å². The number of β-amino-alcohol motifs (C(OH)–C–C–N with tert-alkyl or cyclic N) is 1. The third-order valence-electron chi connectivity index (χ3n) is 5.78. The van der Waals surface area contributed by atoms with Crippen LogP contribution in [0.5, 0.6) is 0 Å². The number of carbonyl (C=O) groups is 2. The first kappa shape index (κ1) is 18.7. The fraction of sp³-hybridized carbons (Fsp3) is 0.550. The van der Waals surface area contributed by atoms with E-state index in [-0.39, 0.29) is 12.5 Å². The minimum atomic E-state index is -0.757. The fourth-order valence-corrected chi connectivity index (χ4v) is 4.21. The molecule has 3 aliphatic heterocycles. The van der Waals surface area contributed by atoms with Crippen molar-refractivity contribution >= 4 is 17.9 Å². The molecule has 0 aromatic heterocycles. The van der Waals surface area contributed by atoms with Gasteiger partial charge in [-0.25, -0.2) is 9.79 Å². The highest BCUT2D eigenvalue weighted by Crippen LogP contribution is 2.28. The van der Waals surface area contributed by atoms with Crippen molar-refractivity contribution < 1.29 is 14.7 Å². The first-order valence-corrected chi connectivity index (χ1v) is 9.96. The molecule has 0 bridgehead atoms. The van der Waals surface area contributed by atoms with Gasteiger partial charge in [0.25, 0.3) is 5.91 Å². The molecule has 1 aromatic rings. The average molecular weight is 385 g/mol. The van der Waals surface area contributed by atoms with E-state index in [1.54, 1.807) is 7.05 Å². The summed E-state index contributed by atoms with van der Waals surface area (Å²) < 4.78 is 0. The number of imide groups is 1. The summed E-state index contributed by atoms with van der Waals surface area (Å²) in [6.07, 6.45) is 3.19. The lowest BCUT2D eigenvalue weighted by atomic mass is 10.1. The van der Waals surface area contributed by atoms with E-state index in [2.05, 4.69) is 10.2 Å². The summed E-state index contributed by atoms with van der Waals surface area (Å²) in [4.78, 5) is 35.1. The highest BCUT2D eigenvalue weighted by molar-refractivity contribution is 6.03. The number of benzene rings is 1. The molecule has 150 valence electrons. The molecule has 0 saturated carbocycles. The van der Waals surface area contributed by atoms with Crippen molar-refractivity contribution in [2.75, 3.05) is 26.7 Å². The number of aliphatic hydroxyl groups excluding tert-OH is 1. The Balaban J connectivity index is 1.64. The number of nitrogens with one attached hydrogen (secondary N) is 1. The highest BCUT2D eigenvalue weighted by Gasteiger charge is 2.50. The van der Waals surface area contributed by atoms with Crippen molar-refractivity contribution in [3.63, 3.8) is 0 Å². The zero-order chi connectivity index (χ0) is 19.7. The second-order valence-corrected chi connectivity index (χ2v) is 7.67. The smallest absolute Gasteiger partial charge is 0.325 e. The van der Waals surface area contributed by atoms with Crippen molar-refractivity contribution in [2.45, 2.75) is 44.0 Å². The van der Waals surface area contributed by atoms with Gasteiger partial charge in [0.15, 0.2) is 18.2 Å². The monoisotopic (exact) mass is 385 g/mol. The van der Waals surface area contributed by atoms with Crippen LogP contribution in [0.1, 0.15) is 37.4 Å². The zero-order valence-electron chi connectivity index (χ0n) is 16.1. The van der Waals surface area contributed by atoms with E-state index < -0.39 is 24.3 Å². The van der Waals surface area contributed by atoms with Gasteiger partial charge in [-0.1, -0.05) is 43.2 Å². The number of hydrogen-bond donors (Lipinski definition) is 2. The number of nitrogens with zero attached hydrogens (tertiary/aromatic N) is 4. The van der Waals surface area contributed by atoms with Crippen LogP contribution in [0.15, 0.2) is 35.3 Å². The van der Waals surface area contributed by atoms with E-state index in [1.807, 2.05) is 35.2 Å². The van der Waals surface area contributed by atoms with E-state index >= 15 is 0 Å². The van der Waals surface area contributed by atoms with Crippen molar-refractivity contribution in [3.8, 4) is 0 Å². The third kappa shape index (κ3) is 3.44. The van der Waals surface area contributed by atoms with E-state index in [4.69, 9.17) is 4.99 Å². The van der Waals surface area contributed by atoms with E-state index in [0.29, 0.717) is 5.96 Å². The van der Waals surface area contributed by atoms with Crippen LogP contribution in [0.2, 0.25) is 0 Å². The lowest BCUT2D eigenvalue weighted by Crippen LogP contribution is -2.64. The molecule has 8 nitrogen and oxygen atoms in total. The fourth-order valence-electron chi connectivity index (χ4n) is 4.21. The summed E-state index contributed by atoms with van der Waals surface area (Å²) in [6, 6.07) is 8.36. The van der Waals surface area contributed by atoms with E-state index in [9.17, 15) is 14.7 Å². The lowest BCUT2D eigenvalue weighted by Gasteiger charge is -2.38. The van der Waals surface area contributed by atoms with Gasteiger partial charge in [0, 0.05) is 20.1 Å². The number of urea groups is 1. The van der Waals surface area contributed by atoms with Gasteiger partial charge >= 0.3 is 6.03 Å². The molecule has 1 aromatic carbocycles. The van der Waals surface area contributed by atoms with Gasteiger partial charge in [0.05, 0.1) is 12.6 Å². The predicted molar refractivity (Wildman–Crippen MR) is 104 cm³/mol. The largest absolute Gasteiger partial charge is 0.387 e. The lowest BCUT2D eigenvalue weighted by molar-refractivity contribution is -0.127. The highest BCUT2D eigenvalue weighted by atomic mass is 16.3. The van der Waals surface area contributed by atoms with Crippen LogP contribution in [0, 0.1) is 0 Å². The van der Waals surface area contributed by atoms with Gasteiger partial charge in [0.1, 0.15) is 0 Å². The van der Waals surface area contributed by atoms with E-state index in [0.717, 1.165) is 31.5 Å². The number of fused-ring (bicyclic) bond motifs is 1. The first-order chi connectivity index (χ1) is 13.6. The standard InChI is InChI=1S/C20H27N5O3/c1-23-17-16(18(27)22-20(23)28)25(13-15(26)14-9-5-4-6-10-14)19(21-17)24-11-7-2-3-8-12-24/h4-6,9-10,15-17,26H,2-3,7-8,11-13H2,1H3,(H,22,27,28). The molecule has 2 saturated heterocycles. The molecular formula is C20H27N5O3. The molecule has 28 heavy (non-hydrogen) atoms. The molecule has 3 unspecified atom stereocenters. The minimum Gasteiger partial charge on any atom is -0.387 e. The molecule has 3 atom stereocenters. The summed E-state index contributed by atoms with van der Waals surface area (Å²) in [5.74, 6) is 0.352. The SMILES string of the molecule is CN1C(=O)NC(=O)C2C1N=C(N1CCCCCC1)N2CC(O)c1ccccc1. The number of likely N-dealkylation sites (N-methyl/N-ethyl adjacent to an activating group) is 1. The molecule has 3 amide bonds. The predicted octanol–water partition coefficient (Wildman–Crippen LogP) is 1.14. The van der Waals surface area contributed by atoms with Crippen LogP contribution < -0.4 is 5.32 Å². The average Bonchev–Trinajstić information content (AvgIpc) is 2.88. The quantitative estimate of drug-likeness (QED) is 0.815. The molecular weight excluding hydrogens is 358 g/mol. The first-order valence-electron chi connectivity index (χ1n) is 9.96. The Morgan fingerprint density at radius 3 is 2.50 bits per heavy atom. The minimum absolute atomic E-state index is 0.246. The van der Waals surface area contributed by atoms with Crippen LogP contribution in [0.3, 0.4) is 0 Å². The number of guanidine groups is 1. The second-order valence-electron chi connectivity index (χ2n) is 7.67. The van der Waals surface area contributed by atoms with Crippen LogP contribution in [-0.4, -0.2) is 76.6 Å². The maximum Gasteiger partial charge on any atom is 0.325 e. The number of rotatable bonds is 3. The summed E-state index contributed by atoms with van der Waals surface area (Å²) >= 11 is 0. The van der Waals surface area contributed by atoms with Gasteiger partial charge < -0.3 is 19.8 Å². The number of hydrogen-bond acceptors (Lipinski definition) is 6. The summed E-state index contributed by atoms with van der Waals surface area (Å²) in [6.45, 7) is 1.99. The maximum absolute atomic E-state index is 12.7. The molecule has 0 aliphatic carbocycles. The van der Waals surface area contributed by atoms with Crippen molar-refractivity contribution in [2.24, 2.45) is 4.99 Å². The van der Waals surface area contributed by atoms with Gasteiger partial charge in [-0.2, -0.15) is 0 Å². The van der Waals surface area contributed by atoms with Gasteiger partial charge in [-0.15, -0.1) is 0 Å².